The molecule has 1 aliphatic rings. The topological polar surface area (TPSA) is 12.5 Å². The van der Waals surface area contributed by atoms with Crippen LogP contribution in [0.25, 0.3) is 0 Å². The Morgan fingerprint density at radius 3 is 2.57 bits per heavy atom. The van der Waals surface area contributed by atoms with Gasteiger partial charge in [0.15, 0.2) is 0 Å². The van der Waals surface area contributed by atoms with E-state index < -0.39 is 0 Å². The Kier molecular flexibility index (Phi) is 4.86. The zero-order valence-corrected chi connectivity index (χ0v) is 15.2. The number of nitrogens with zero attached hydrogens (tertiary/aromatic N) is 1. The molecule has 0 saturated carbocycles. The summed E-state index contributed by atoms with van der Waals surface area (Å²) in [7, 11) is 5.93. The summed E-state index contributed by atoms with van der Waals surface area (Å²) in [5.41, 5.74) is 3.84. The standard InChI is InChI=1S/C19H21Cl2NO/c1-22(2)15-8-13-9-18(21)19(23-3)11-17(13)16(10-15)12-5-4-6-14(20)7-12/h4-7,9,11,15-16H,8,10H2,1-3H3/t15-,16-/m1/s1. The number of halogens is 2. The van der Waals surface area contributed by atoms with Crippen LogP contribution >= 0.6 is 23.2 Å². The average molecular weight is 350 g/mol. The van der Waals surface area contributed by atoms with Crippen molar-refractivity contribution >= 4 is 23.2 Å². The highest BCUT2D eigenvalue weighted by Gasteiger charge is 2.30. The Morgan fingerprint density at radius 2 is 1.91 bits per heavy atom. The molecule has 122 valence electrons. The van der Waals surface area contributed by atoms with E-state index in [4.69, 9.17) is 27.9 Å². The van der Waals surface area contributed by atoms with E-state index in [1.807, 2.05) is 12.1 Å². The molecule has 0 spiro atoms. The van der Waals surface area contributed by atoms with Gasteiger partial charge in [-0.05, 0) is 67.9 Å². The monoisotopic (exact) mass is 349 g/mol. The molecule has 1 aliphatic carbocycles. The lowest BCUT2D eigenvalue weighted by molar-refractivity contribution is 0.258. The van der Waals surface area contributed by atoms with E-state index in [-0.39, 0.29) is 0 Å². The third-order valence-corrected chi connectivity index (χ3v) is 5.26. The summed E-state index contributed by atoms with van der Waals surface area (Å²) in [5, 5.41) is 1.45. The second kappa shape index (κ2) is 6.72. The predicted octanol–water partition coefficient (Wildman–Crippen LogP) is 5.01. The molecule has 0 amide bonds. The molecule has 0 fully saturated rings. The minimum absolute atomic E-state index is 0.302. The fourth-order valence-corrected chi connectivity index (χ4v) is 3.90. The van der Waals surface area contributed by atoms with Crippen molar-refractivity contribution < 1.29 is 4.74 Å². The molecule has 2 nitrogen and oxygen atoms in total. The van der Waals surface area contributed by atoms with Crippen LogP contribution in [-0.2, 0) is 6.42 Å². The van der Waals surface area contributed by atoms with Crippen molar-refractivity contribution in [3.63, 3.8) is 0 Å². The van der Waals surface area contributed by atoms with Crippen LogP contribution in [0, 0.1) is 0 Å². The van der Waals surface area contributed by atoms with Crippen molar-refractivity contribution in [1.29, 1.82) is 0 Å². The second-order valence-electron chi connectivity index (χ2n) is 6.35. The van der Waals surface area contributed by atoms with Crippen LogP contribution in [-0.4, -0.2) is 32.1 Å². The van der Waals surface area contributed by atoms with Crippen LogP contribution in [0.2, 0.25) is 10.0 Å². The second-order valence-corrected chi connectivity index (χ2v) is 7.19. The smallest absolute Gasteiger partial charge is 0.137 e. The van der Waals surface area contributed by atoms with E-state index in [2.05, 4.69) is 43.3 Å². The van der Waals surface area contributed by atoms with Gasteiger partial charge in [-0.3, -0.25) is 0 Å². The molecule has 0 bridgehead atoms. The molecule has 4 heteroatoms. The minimum Gasteiger partial charge on any atom is -0.495 e. The summed E-state index contributed by atoms with van der Waals surface area (Å²) >= 11 is 12.6. The van der Waals surface area contributed by atoms with Crippen molar-refractivity contribution in [2.24, 2.45) is 0 Å². The first-order valence-corrected chi connectivity index (χ1v) is 8.53. The molecule has 0 unspecified atom stereocenters. The van der Waals surface area contributed by atoms with Crippen LogP contribution < -0.4 is 4.74 Å². The van der Waals surface area contributed by atoms with Gasteiger partial charge >= 0.3 is 0 Å². The number of methoxy groups -OCH3 is 1. The quantitative estimate of drug-likeness (QED) is 0.772. The van der Waals surface area contributed by atoms with Gasteiger partial charge in [-0.2, -0.15) is 0 Å². The maximum Gasteiger partial charge on any atom is 0.137 e. The van der Waals surface area contributed by atoms with Crippen molar-refractivity contribution in [3.05, 3.63) is 63.1 Å². The zero-order chi connectivity index (χ0) is 16.6. The summed E-state index contributed by atoms with van der Waals surface area (Å²) in [6.07, 6.45) is 2.06. The fourth-order valence-electron chi connectivity index (χ4n) is 3.44. The van der Waals surface area contributed by atoms with Gasteiger partial charge in [0.2, 0.25) is 0 Å². The normalized spacial score (nSPS) is 20.4. The maximum absolute atomic E-state index is 6.35. The molecule has 3 rings (SSSR count). The first-order chi connectivity index (χ1) is 11.0. The average Bonchev–Trinajstić information content (AvgIpc) is 2.52. The Hall–Kier alpha value is -1.22. The fraction of sp³-hybridized carbons (Fsp3) is 0.368. The molecule has 0 aromatic heterocycles. The maximum atomic E-state index is 6.35. The van der Waals surface area contributed by atoms with E-state index in [0.717, 1.165) is 23.6 Å². The SMILES string of the molecule is COc1cc2c(cc1Cl)C[C@@H](N(C)C)C[C@@H]2c1cccc(Cl)c1. The third-order valence-electron chi connectivity index (χ3n) is 4.73. The van der Waals surface area contributed by atoms with Crippen molar-refractivity contribution in [2.75, 3.05) is 21.2 Å². The molecule has 2 atom stereocenters. The van der Waals surface area contributed by atoms with Crippen LogP contribution in [0.15, 0.2) is 36.4 Å². The van der Waals surface area contributed by atoms with Gasteiger partial charge in [0, 0.05) is 17.0 Å². The van der Waals surface area contributed by atoms with Gasteiger partial charge in [0.1, 0.15) is 5.75 Å². The lowest BCUT2D eigenvalue weighted by atomic mass is 9.76. The molecule has 0 aliphatic heterocycles. The number of likely N-dealkylation sites (N-methyl/N-ethyl adjacent to an activating group) is 1. The van der Waals surface area contributed by atoms with E-state index in [0.29, 0.717) is 17.0 Å². The lowest BCUT2D eigenvalue weighted by Gasteiger charge is -2.36. The van der Waals surface area contributed by atoms with Crippen molar-refractivity contribution in [2.45, 2.75) is 24.8 Å². The molecular weight excluding hydrogens is 329 g/mol. The zero-order valence-electron chi connectivity index (χ0n) is 13.6. The Morgan fingerprint density at radius 1 is 1.13 bits per heavy atom. The number of fused-ring (bicyclic) bond motifs is 1. The van der Waals surface area contributed by atoms with Gasteiger partial charge < -0.3 is 9.64 Å². The summed E-state index contributed by atoms with van der Waals surface area (Å²) in [6.45, 7) is 0. The molecular formula is C19H21Cl2NO. The molecule has 2 aromatic rings. The Bertz CT molecular complexity index is 715. The molecule has 0 radical (unpaired) electrons. The number of ether oxygens (including phenoxy) is 1. The summed E-state index contributed by atoms with van der Waals surface area (Å²) < 4.78 is 5.42. The van der Waals surface area contributed by atoms with Gasteiger partial charge in [0.25, 0.3) is 0 Å². The van der Waals surface area contributed by atoms with Gasteiger partial charge in [-0.15, -0.1) is 0 Å². The van der Waals surface area contributed by atoms with E-state index in [1.54, 1.807) is 7.11 Å². The lowest BCUT2D eigenvalue weighted by Crippen LogP contribution is -2.35. The largest absolute Gasteiger partial charge is 0.495 e. The summed E-state index contributed by atoms with van der Waals surface area (Å²) in [6, 6.07) is 12.8. The van der Waals surface area contributed by atoms with E-state index in [1.165, 1.54) is 16.7 Å². The van der Waals surface area contributed by atoms with Gasteiger partial charge in [0.05, 0.1) is 12.1 Å². The minimum atomic E-state index is 0.302. The summed E-state index contributed by atoms with van der Waals surface area (Å²) in [4.78, 5) is 2.29. The first kappa shape index (κ1) is 16.6. The van der Waals surface area contributed by atoms with Crippen LogP contribution in [0.4, 0.5) is 0 Å². The molecule has 0 saturated heterocycles. The van der Waals surface area contributed by atoms with Crippen LogP contribution in [0.1, 0.15) is 29.0 Å². The van der Waals surface area contributed by atoms with Gasteiger partial charge in [-0.25, -0.2) is 0 Å². The van der Waals surface area contributed by atoms with E-state index in [9.17, 15) is 0 Å². The van der Waals surface area contributed by atoms with Crippen LogP contribution in [0.5, 0.6) is 5.75 Å². The van der Waals surface area contributed by atoms with Crippen LogP contribution in [0.3, 0.4) is 0 Å². The highest BCUT2D eigenvalue weighted by Crippen LogP contribution is 2.42. The molecule has 0 N–H and O–H groups in total. The number of rotatable bonds is 3. The number of hydrogen-bond donors (Lipinski definition) is 0. The highest BCUT2D eigenvalue weighted by atomic mass is 35.5. The van der Waals surface area contributed by atoms with Crippen molar-refractivity contribution in [3.8, 4) is 5.75 Å². The molecule has 23 heavy (non-hydrogen) atoms. The highest BCUT2D eigenvalue weighted by molar-refractivity contribution is 6.32. The van der Waals surface area contributed by atoms with Gasteiger partial charge in [-0.1, -0.05) is 35.3 Å². The number of benzene rings is 2. The summed E-state index contributed by atoms with van der Waals surface area (Å²) in [5.74, 6) is 1.04. The van der Waals surface area contributed by atoms with Crippen molar-refractivity contribution in [1.82, 2.24) is 4.90 Å². The third kappa shape index (κ3) is 3.35. The van der Waals surface area contributed by atoms with E-state index >= 15 is 0 Å². The molecule has 0 heterocycles. The first-order valence-electron chi connectivity index (χ1n) is 7.77. The molecule has 2 aromatic carbocycles. The Labute approximate surface area is 148 Å². The number of hydrogen-bond acceptors (Lipinski definition) is 2. The Balaban J connectivity index is 2.12. The predicted molar refractivity (Wildman–Crippen MR) is 97.1 cm³/mol.